The number of rotatable bonds is 7. The first-order valence-electron chi connectivity index (χ1n) is 11.2. The van der Waals surface area contributed by atoms with Crippen molar-refractivity contribution >= 4 is 46.9 Å². The molecule has 1 saturated heterocycles. The largest absolute Gasteiger partial charge is 0.497 e. The van der Waals surface area contributed by atoms with Gasteiger partial charge in [-0.1, -0.05) is 11.6 Å². The number of carbonyl (C=O) groups is 3. The summed E-state index contributed by atoms with van der Waals surface area (Å²) in [5.41, 5.74) is -1.68. The van der Waals surface area contributed by atoms with Crippen LogP contribution in [-0.4, -0.2) is 29.9 Å². The fourth-order valence-corrected chi connectivity index (χ4v) is 3.86. The number of anilines is 1. The quantitative estimate of drug-likeness (QED) is 0.170. The maximum Gasteiger partial charge on any atom is 0.416 e. The minimum atomic E-state index is -4.79. The lowest BCUT2D eigenvalue weighted by Crippen LogP contribution is -2.54. The van der Waals surface area contributed by atoms with Crippen molar-refractivity contribution in [3.63, 3.8) is 0 Å². The SMILES string of the molecule is COc1ccc(/C=C2/C(=O)NC(=O)N(c3cc(C(F)(F)F)ccc3Cl)C2=O)c(OCc2ccc([N+](=O)[O-])cc2)c1. The Bertz CT molecular complexity index is 1560. The van der Waals surface area contributed by atoms with Crippen LogP contribution in [0.2, 0.25) is 5.02 Å². The molecule has 3 aromatic rings. The molecule has 206 valence electrons. The maximum absolute atomic E-state index is 13.3. The number of carbonyl (C=O) groups excluding carboxylic acids is 3. The summed E-state index contributed by atoms with van der Waals surface area (Å²) in [6, 6.07) is 10.8. The molecule has 0 saturated carbocycles. The second kappa shape index (κ2) is 11.1. The van der Waals surface area contributed by atoms with Gasteiger partial charge in [-0.3, -0.25) is 25.0 Å². The van der Waals surface area contributed by atoms with Crippen molar-refractivity contribution in [3.05, 3.63) is 98.1 Å². The number of nitrogens with zero attached hydrogens (tertiary/aromatic N) is 2. The van der Waals surface area contributed by atoms with Gasteiger partial charge in [0.1, 0.15) is 23.7 Å². The Balaban J connectivity index is 1.70. The Morgan fingerprint density at radius 2 is 1.75 bits per heavy atom. The van der Waals surface area contributed by atoms with Crippen molar-refractivity contribution in [1.82, 2.24) is 5.32 Å². The van der Waals surface area contributed by atoms with E-state index < -0.39 is 45.8 Å². The minimum absolute atomic E-state index is 0.0636. The van der Waals surface area contributed by atoms with Gasteiger partial charge in [0.05, 0.1) is 28.3 Å². The third-order valence-electron chi connectivity index (χ3n) is 5.68. The van der Waals surface area contributed by atoms with E-state index in [9.17, 15) is 37.7 Å². The van der Waals surface area contributed by atoms with E-state index in [1.165, 1.54) is 49.6 Å². The summed E-state index contributed by atoms with van der Waals surface area (Å²) in [6.45, 7) is -0.0636. The fourth-order valence-electron chi connectivity index (χ4n) is 3.65. The number of nitro groups is 1. The molecule has 0 radical (unpaired) electrons. The number of imide groups is 2. The maximum atomic E-state index is 13.3. The minimum Gasteiger partial charge on any atom is -0.497 e. The number of hydrogen-bond acceptors (Lipinski definition) is 7. The molecule has 1 heterocycles. The van der Waals surface area contributed by atoms with Crippen LogP contribution in [-0.2, 0) is 22.4 Å². The van der Waals surface area contributed by atoms with Gasteiger partial charge in [0.25, 0.3) is 17.5 Å². The number of amides is 4. The first-order valence-corrected chi connectivity index (χ1v) is 11.6. The highest BCUT2D eigenvalue weighted by Crippen LogP contribution is 2.37. The summed E-state index contributed by atoms with van der Waals surface area (Å²) in [7, 11) is 1.40. The lowest BCUT2D eigenvalue weighted by molar-refractivity contribution is -0.384. The number of benzene rings is 3. The van der Waals surface area contributed by atoms with Crippen molar-refractivity contribution < 1.29 is 42.0 Å². The monoisotopic (exact) mass is 575 g/mol. The average Bonchev–Trinajstić information content (AvgIpc) is 2.90. The average molecular weight is 576 g/mol. The molecular weight excluding hydrogens is 559 g/mol. The molecule has 0 aliphatic carbocycles. The molecule has 0 unspecified atom stereocenters. The number of hydrogen-bond donors (Lipinski definition) is 1. The van der Waals surface area contributed by atoms with Crippen LogP contribution in [0.4, 0.5) is 29.3 Å². The predicted molar refractivity (Wildman–Crippen MR) is 136 cm³/mol. The lowest BCUT2D eigenvalue weighted by Gasteiger charge is -2.27. The highest BCUT2D eigenvalue weighted by Gasteiger charge is 2.39. The molecule has 40 heavy (non-hydrogen) atoms. The highest BCUT2D eigenvalue weighted by molar-refractivity contribution is 6.42. The van der Waals surface area contributed by atoms with Crippen LogP contribution in [0.15, 0.2) is 66.2 Å². The van der Waals surface area contributed by atoms with Gasteiger partial charge in [0, 0.05) is 23.8 Å². The first-order chi connectivity index (χ1) is 18.9. The van der Waals surface area contributed by atoms with Crippen molar-refractivity contribution in [2.75, 3.05) is 12.0 Å². The van der Waals surface area contributed by atoms with Crippen molar-refractivity contribution in [1.29, 1.82) is 0 Å². The Hall–Kier alpha value is -4.91. The van der Waals surface area contributed by atoms with Gasteiger partial charge >= 0.3 is 12.2 Å². The molecule has 3 aromatic carbocycles. The van der Waals surface area contributed by atoms with Crippen molar-refractivity contribution in [3.8, 4) is 11.5 Å². The summed E-state index contributed by atoms with van der Waals surface area (Å²) in [5, 5.41) is 12.5. The van der Waals surface area contributed by atoms with Crippen molar-refractivity contribution in [2.24, 2.45) is 0 Å². The zero-order valence-electron chi connectivity index (χ0n) is 20.3. The number of methoxy groups -OCH3 is 1. The van der Waals surface area contributed by atoms with E-state index in [2.05, 4.69) is 0 Å². The number of nitro benzene ring substituents is 1. The molecule has 1 aliphatic rings. The predicted octanol–water partition coefficient (Wildman–Crippen LogP) is 5.52. The normalized spacial score (nSPS) is 14.8. The fraction of sp³-hybridized carbons (Fsp3) is 0.115. The van der Waals surface area contributed by atoms with Crippen LogP contribution in [0.1, 0.15) is 16.7 Å². The molecule has 0 bridgehead atoms. The number of barbiturate groups is 1. The number of halogens is 4. The van der Waals surface area contributed by atoms with E-state index in [1.807, 2.05) is 5.32 Å². The van der Waals surface area contributed by atoms with E-state index >= 15 is 0 Å². The van der Waals surface area contributed by atoms with Gasteiger partial charge in [0.15, 0.2) is 0 Å². The van der Waals surface area contributed by atoms with Gasteiger partial charge < -0.3 is 9.47 Å². The number of urea groups is 1. The summed E-state index contributed by atoms with van der Waals surface area (Å²) in [4.78, 5) is 49.1. The van der Waals surface area contributed by atoms with Crippen LogP contribution >= 0.6 is 11.6 Å². The molecule has 10 nitrogen and oxygen atoms in total. The Morgan fingerprint density at radius 1 is 1.05 bits per heavy atom. The zero-order chi connectivity index (χ0) is 29.2. The molecule has 0 spiro atoms. The van der Waals surface area contributed by atoms with Gasteiger partial charge in [-0.05, 0) is 54.1 Å². The lowest BCUT2D eigenvalue weighted by atomic mass is 10.0. The van der Waals surface area contributed by atoms with Crippen LogP contribution in [0, 0.1) is 10.1 Å². The topological polar surface area (TPSA) is 128 Å². The molecule has 4 rings (SSSR count). The number of ether oxygens (including phenoxy) is 2. The summed E-state index contributed by atoms with van der Waals surface area (Å²) in [5.74, 6) is -1.82. The second-order valence-corrected chi connectivity index (χ2v) is 8.64. The molecule has 0 atom stereocenters. The molecule has 1 N–H and O–H groups in total. The summed E-state index contributed by atoms with van der Waals surface area (Å²) < 4.78 is 50.8. The van der Waals surface area contributed by atoms with Crippen LogP contribution in [0.5, 0.6) is 11.5 Å². The van der Waals surface area contributed by atoms with Crippen LogP contribution in [0.25, 0.3) is 6.08 Å². The van der Waals surface area contributed by atoms with Gasteiger partial charge in [-0.25, -0.2) is 9.69 Å². The summed E-state index contributed by atoms with van der Waals surface area (Å²) >= 11 is 6.02. The van der Waals surface area contributed by atoms with Crippen LogP contribution in [0.3, 0.4) is 0 Å². The summed E-state index contributed by atoms with van der Waals surface area (Å²) in [6.07, 6.45) is -3.69. The number of alkyl halides is 3. The Kier molecular flexibility index (Phi) is 7.77. The van der Waals surface area contributed by atoms with E-state index in [0.29, 0.717) is 28.3 Å². The highest BCUT2D eigenvalue weighted by atomic mass is 35.5. The number of nitrogens with one attached hydrogen (secondary N) is 1. The smallest absolute Gasteiger partial charge is 0.416 e. The van der Waals surface area contributed by atoms with E-state index in [0.717, 1.165) is 12.1 Å². The van der Waals surface area contributed by atoms with Gasteiger partial charge in [-0.2, -0.15) is 13.2 Å². The Labute approximate surface area is 228 Å². The second-order valence-electron chi connectivity index (χ2n) is 8.24. The zero-order valence-corrected chi connectivity index (χ0v) is 21.1. The van der Waals surface area contributed by atoms with E-state index in [-0.39, 0.29) is 28.6 Å². The van der Waals surface area contributed by atoms with Gasteiger partial charge in [0.2, 0.25) is 0 Å². The van der Waals surface area contributed by atoms with E-state index in [1.54, 1.807) is 0 Å². The van der Waals surface area contributed by atoms with Crippen molar-refractivity contribution in [2.45, 2.75) is 12.8 Å². The van der Waals surface area contributed by atoms with Crippen LogP contribution < -0.4 is 19.7 Å². The molecule has 4 amide bonds. The molecular formula is C26H17ClF3N3O7. The standard InChI is InChI=1S/C26H17ClF3N3O7/c1-39-18-8-4-15(22(12-18)40-13-14-2-6-17(7-3-14)33(37)38)10-19-23(34)31-25(36)32(24(19)35)21-11-16(26(28,29)30)5-9-20(21)27/h2-12H,13H2,1H3,(H,31,34,36)/b19-10-. The molecule has 1 fully saturated rings. The molecule has 14 heteroatoms. The number of non-ortho nitro benzene ring substituents is 1. The third kappa shape index (κ3) is 5.89. The Morgan fingerprint density at radius 3 is 2.38 bits per heavy atom. The molecule has 0 aromatic heterocycles. The van der Waals surface area contributed by atoms with E-state index in [4.69, 9.17) is 21.1 Å². The van der Waals surface area contributed by atoms with Gasteiger partial charge in [-0.15, -0.1) is 0 Å². The third-order valence-corrected chi connectivity index (χ3v) is 6.00. The first kappa shape index (κ1) is 28.1. The molecule has 1 aliphatic heterocycles.